The molecule has 1 saturated heterocycles. The fraction of sp³-hybridized carbons (Fsp3) is 0.667. The molecule has 4 heteroatoms. The molecule has 0 amide bonds. The van der Waals surface area contributed by atoms with Gasteiger partial charge in [-0.2, -0.15) is 11.3 Å². The normalized spacial score (nSPS) is 23.2. The quantitative estimate of drug-likeness (QED) is 0.857. The number of nitrogens with one attached hydrogen (secondary N) is 1. The van der Waals surface area contributed by atoms with Crippen molar-refractivity contribution in [1.82, 2.24) is 5.32 Å². The summed E-state index contributed by atoms with van der Waals surface area (Å²) in [4.78, 5) is 0. The Balaban J connectivity index is 2.01. The predicted octanol–water partition coefficient (Wildman–Crippen LogP) is 2.20. The maximum absolute atomic E-state index is 5.78. The number of rotatable bonds is 5. The first-order valence-electron chi connectivity index (χ1n) is 5.86. The van der Waals surface area contributed by atoms with Crippen LogP contribution in [0.3, 0.4) is 0 Å². The first-order chi connectivity index (χ1) is 7.92. The van der Waals surface area contributed by atoms with Gasteiger partial charge in [-0.25, -0.2) is 0 Å². The van der Waals surface area contributed by atoms with Gasteiger partial charge >= 0.3 is 0 Å². The van der Waals surface area contributed by atoms with Crippen molar-refractivity contribution in [3.8, 4) is 0 Å². The van der Waals surface area contributed by atoms with Crippen LogP contribution in [-0.2, 0) is 9.47 Å². The van der Waals surface area contributed by atoms with Crippen LogP contribution in [0.15, 0.2) is 16.8 Å². The summed E-state index contributed by atoms with van der Waals surface area (Å²) in [7, 11) is 0. The van der Waals surface area contributed by atoms with E-state index in [-0.39, 0.29) is 12.1 Å². The van der Waals surface area contributed by atoms with Crippen molar-refractivity contribution in [3.63, 3.8) is 0 Å². The average molecular weight is 241 g/mol. The van der Waals surface area contributed by atoms with Gasteiger partial charge in [0.25, 0.3) is 0 Å². The third-order valence-electron chi connectivity index (χ3n) is 2.73. The molecule has 1 fully saturated rings. The van der Waals surface area contributed by atoms with Gasteiger partial charge in [-0.15, -0.1) is 0 Å². The highest BCUT2D eigenvalue weighted by atomic mass is 32.1. The summed E-state index contributed by atoms with van der Waals surface area (Å²) < 4.78 is 11.3. The van der Waals surface area contributed by atoms with E-state index in [0.29, 0.717) is 13.2 Å². The highest BCUT2D eigenvalue weighted by Crippen LogP contribution is 2.23. The molecule has 16 heavy (non-hydrogen) atoms. The van der Waals surface area contributed by atoms with E-state index in [0.717, 1.165) is 19.6 Å². The molecule has 0 spiro atoms. The minimum Gasteiger partial charge on any atom is -0.376 e. The van der Waals surface area contributed by atoms with Gasteiger partial charge in [0.05, 0.1) is 25.9 Å². The van der Waals surface area contributed by atoms with Crippen LogP contribution in [-0.4, -0.2) is 32.5 Å². The second kappa shape index (κ2) is 6.35. The van der Waals surface area contributed by atoms with Gasteiger partial charge in [0.1, 0.15) is 6.10 Å². The Bertz CT molecular complexity index is 283. The van der Waals surface area contributed by atoms with E-state index in [1.807, 2.05) is 0 Å². The molecule has 1 N–H and O–H groups in total. The van der Waals surface area contributed by atoms with Crippen LogP contribution in [0.25, 0.3) is 0 Å². The highest BCUT2D eigenvalue weighted by molar-refractivity contribution is 7.07. The van der Waals surface area contributed by atoms with E-state index in [2.05, 4.69) is 29.1 Å². The molecule has 0 aliphatic carbocycles. The maximum Gasteiger partial charge on any atom is 0.100 e. The predicted molar refractivity (Wildman–Crippen MR) is 65.9 cm³/mol. The van der Waals surface area contributed by atoms with Crippen LogP contribution < -0.4 is 5.32 Å². The molecule has 2 rings (SSSR count). The lowest BCUT2D eigenvalue weighted by atomic mass is 10.0. The zero-order valence-corrected chi connectivity index (χ0v) is 10.5. The van der Waals surface area contributed by atoms with Crippen LogP contribution in [0.2, 0.25) is 0 Å². The Morgan fingerprint density at radius 3 is 3.12 bits per heavy atom. The Labute approximate surface area is 101 Å². The molecule has 0 saturated carbocycles. The molecule has 90 valence electrons. The van der Waals surface area contributed by atoms with E-state index in [9.17, 15) is 0 Å². The number of hydrogen-bond donors (Lipinski definition) is 1. The third-order valence-corrected chi connectivity index (χ3v) is 3.43. The van der Waals surface area contributed by atoms with Gasteiger partial charge in [-0.3, -0.25) is 0 Å². The molecule has 1 aliphatic heterocycles. The van der Waals surface area contributed by atoms with E-state index >= 15 is 0 Å². The smallest absolute Gasteiger partial charge is 0.100 e. The van der Waals surface area contributed by atoms with E-state index < -0.39 is 0 Å². The van der Waals surface area contributed by atoms with Crippen molar-refractivity contribution in [2.45, 2.75) is 25.5 Å². The van der Waals surface area contributed by atoms with Gasteiger partial charge in [0.15, 0.2) is 0 Å². The Morgan fingerprint density at radius 2 is 2.50 bits per heavy atom. The summed E-state index contributed by atoms with van der Waals surface area (Å²) >= 11 is 1.73. The fourth-order valence-corrected chi connectivity index (χ4v) is 2.61. The molecule has 0 radical (unpaired) electrons. The van der Waals surface area contributed by atoms with Crippen molar-refractivity contribution in [2.75, 3.05) is 26.4 Å². The second-order valence-electron chi connectivity index (χ2n) is 3.97. The van der Waals surface area contributed by atoms with Gasteiger partial charge in [0, 0.05) is 0 Å². The fourth-order valence-electron chi connectivity index (χ4n) is 1.91. The van der Waals surface area contributed by atoms with E-state index in [4.69, 9.17) is 9.47 Å². The molecule has 3 nitrogen and oxygen atoms in total. The van der Waals surface area contributed by atoms with Gasteiger partial charge in [-0.1, -0.05) is 6.92 Å². The maximum atomic E-state index is 5.78. The largest absolute Gasteiger partial charge is 0.376 e. The molecule has 1 aromatic heterocycles. The Kier molecular flexibility index (Phi) is 4.78. The van der Waals surface area contributed by atoms with Crippen molar-refractivity contribution in [3.05, 3.63) is 22.4 Å². The summed E-state index contributed by atoms with van der Waals surface area (Å²) in [6.45, 7) is 5.31. The molecule has 1 aliphatic rings. The summed E-state index contributed by atoms with van der Waals surface area (Å²) in [5.74, 6) is 0. The molecule has 2 unspecified atom stereocenters. The van der Waals surface area contributed by atoms with Crippen LogP contribution in [0.4, 0.5) is 0 Å². The molecule has 0 aromatic carbocycles. The van der Waals surface area contributed by atoms with Crippen LogP contribution in [0.5, 0.6) is 0 Å². The first-order valence-corrected chi connectivity index (χ1v) is 6.81. The van der Waals surface area contributed by atoms with Crippen molar-refractivity contribution in [1.29, 1.82) is 0 Å². The summed E-state index contributed by atoms with van der Waals surface area (Å²) in [5, 5.41) is 7.84. The van der Waals surface area contributed by atoms with Crippen molar-refractivity contribution >= 4 is 11.3 Å². The topological polar surface area (TPSA) is 30.5 Å². The molecular weight excluding hydrogens is 222 g/mol. The van der Waals surface area contributed by atoms with Gasteiger partial charge in [0.2, 0.25) is 0 Å². The highest BCUT2D eigenvalue weighted by Gasteiger charge is 2.26. The Hall–Kier alpha value is -0.420. The molecule has 0 bridgehead atoms. The summed E-state index contributed by atoms with van der Waals surface area (Å²) in [6, 6.07) is 2.43. The second-order valence-corrected chi connectivity index (χ2v) is 4.75. The van der Waals surface area contributed by atoms with Crippen molar-refractivity contribution < 1.29 is 9.47 Å². The van der Waals surface area contributed by atoms with E-state index in [1.54, 1.807) is 11.3 Å². The average Bonchev–Trinajstić information content (AvgIpc) is 2.85. The summed E-state index contributed by atoms with van der Waals surface area (Å²) in [5.41, 5.74) is 1.31. The lowest BCUT2D eigenvalue weighted by Crippen LogP contribution is -2.40. The minimum absolute atomic E-state index is 0.148. The lowest BCUT2D eigenvalue weighted by Gasteiger charge is -2.30. The number of ether oxygens (including phenoxy) is 2. The lowest BCUT2D eigenvalue weighted by molar-refractivity contribution is -0.102. The molecule has 2 atom stereocenters. The van der Waals surface area contributed by atoms with Crippen LogP contribution in [0, 0.1) is 0 Å². The zero-order chi connectivity index (χ0) is 11.2. The van der Waals surface area contributed by atoms with Gasteiger partial charge < -0.3 is 14.8 Å². The standard InChI is InChI=1S/C12H19NO2S/c1-2-4-13-12(10-3-7-16-9-10)11-8-14-5-6-15-11/h3,7,9,11-13H,2,4-6,8H2,1H3. The van der Waals surface area contributed by atoms with Crippen LogP contribution in [0.1, 0.15) is 24.9 Å². The van der Waals surface area contributed by atoms with Gasteiger partial charge in [-0.05, 0) is 35.4 Å². The van der Waals surface area contributed by atoms with Crippen LogP contribution >= 0.6 is 11.3 Å². The van der Waals surface area contributed by atoms with Crippen molar-refractivity contribution in [2.24, 2.45) is 0 Å². The van der Waals surface area contributed by atoms with E-state index in [1.165, 1.54) is 5.56 Å². The monoisotopic (exact) mass is 241 g/mol. The molecule has 2 heterocycles. The minimum atomic E-state index is 0.148. The first kappa shape index (κ1) is 12.0. The number of hydrogen-bond acceptors (Lipinski definition) is 4. The number of thiophene rings is 1. The summed E-state index contributed by atoms with van der Waals surface area (Å²) in [6.07, 6.45) is 1.28. The third kappa shape index (κ3) is 3.04. The SMILES string of the molecule is CCCNC(c1ccsc1)C1COCCO1. The molecular formula is C12H19NO2S. The molecule has 1 aromatic rings. The zero-order valence-electron chi connectivity index (χ0n) is 9.65. The Morgan fingerprint density at radius 1 is 1.56 bits per heavy atom.